The maximum atomic E-state index is 3.60. The summed E-state index contributed by atoms with van der Waals surface area (Å²) in [4.78, 5) is 0. The maximum absolute atomic E-state index is 3.60. The third kappa shape index (κ3) is 3.33. The first-order valence-corrected chi connectivity index (χ1v) is 9.83. The van der Waals surface area contributed by atoms with Crippen molar-refractivity contribution in [1.29, 1.82) is 0 Å². The first-order valence-electron chi connectivity index (χ1n) is 9.83. The Labute approximate surface area is 160 Å². The molecule has 0 aromatic heterocycles. The summed E-state index contributed by atoms with van der Waals surface area (Å²) in [5.41, 5.74) is 7.85. The van der Waals surface area contributed by atoms with Gasteiger partial charge in [-0.3, -0.25) is 0 Å². The highest BCUT2D eigenvalue weighted by atomic mass is 14.9. The van der Waals surface area contributed by atoms with E-state index in [1.165, 1.54) is 64.4 Å². The van der Waals surface area contributed by atoms with E-state index in [0.717, 1.165) is 5.69 Å². The Kier molecular flexibility index (Phi) is 4.14. The Bertz CT molecular complexity index is 1110. The van der Waals surface area contributed by atoms with Gasteiger partial charge in [-0.05, 0) is 89.0 Å². The molecule has 0 saturated heterocycles. The number of nitrogens with one attached hydrogen (secondary N) is 1. The predicted octanol–water partition coefficient (Wildman–Crippen LogP) is 7.13. The third-order valence-corrected chi connectivity index (χ3v) is 5.58. The second-order valence-corrected chi connectivity index (χ2v) is 7.46. The summed E-state index contributed by atoms with van der Waals surface area (Å²) in [6, 6.07) is 30.7. The van der Waals surface area contributed by atoms with Crippen molar-refractivity contribution in [1.82, 2.24) is 0 Å². The van der Waals surface area contributed by atoms with Crippen LogP contribution >= 0.6 is 0 Å². The summed E-state index contributed by atoms with van der Waals surface area (Å²) in [5, 5.41) is 6.16. The van der Waals surface area contributed by atoms with E-state index in [4.69, 9.17) is 0 Å². The zero-order valence-corrected chi connectivity index (χ0v) is 15.4. The molecule has 1 aliphatic rings. The van der Waals surface area contributed by atoms with Crippen LogP contribution in [0.1, 0.15) is 24.0 Å². The van der Waals surface area contributed by atoms with Crippen molar-refractivity contribution in [3.63, 3.8) is 0 Å². The number of fused-ring (bicyclic) bond motifs is 2. The maximum Gasteiger partial charge on any atom is 0.0390 e. The molecule has 132 valence electrons. The molecule has 1 aliphatic carbocycles. The Morgan fingerprint density at radius 1 is 0.519 bits per heavy atom. The van der Waals surface area contributed by atoms with Gasteiger partial charge in [0.1, 0.15) is 0 Å². The molecule has 0 amide bonds. The number of aryl methyl sites for hydroxylation is 2. The van der Waals surface area contributed by atoms with Gasteiger partial charge in [0.05, 0.1) is 0 Å². The molecule has 0 bridgehead atoms. The number of hydrogen-bond acceptors (Lipinski definition) is 1. The van der Waals surface area contributed by atoms with Gasteiger partial charge in [0.2, 0.25) is 0 Å². The van der Waals surface area contributed by atoms with Gasteiger partial charge in [-0.1, -0.05) is 54.6 Å². The molecule has 0 heterocycles. The second kappa shape index (κ2) is 6.92. The van der Waals surface area contributed by atoms with E-state index >= 15 is 0 Å². The molecule has 0 aliphatic heterocycles. The average molecular weight is 349 g/mol. The number of benzene rings is 4. The van der Waals surface area contributed by atoms with Crippen molar-refractivity contribution in [2.45, 2.75) is 25.7 Å². The standard InChI is InChI=1S/C26H23N/c1-3-8-21-16-24(13-12-19(21)6-1)23-10-5-11-25(18-23)27-26-15-14-20-7-2-4-9-22(20)17-26/h1,3,5-6,8,10-18,27H,2,4,7,9H2. The van der Waals surface area contributed by atoms with Crippen LogP contribution < -0.4 is 5.32 Å². The monoisotopic (exact) mass is 349 g/mol. The minimum Gasteiger partial charge on any atom is -0.356 e. The van der Waals surface area contributed by atoms with Crippen LogP contribution in [-0.2, 0) is 12.8 Å². The van der Waals surface area contributed by atoms with Gasteiger partial charge in [-0.25, -0.2) is 0 Å². The smallest absolute Gasteiger partial charge is 0.0390 e. The normalized spacial score (nSPS) is 13.3. The SMILES string of the molecule is c1cc(Nc2ccc3c(c2)CCCC3)cc(-c2ccc3ccccc3c2)c1. The lowest BCUT2D eigenvalue weighted by atomic mass is 9.91. The summed E-state index contributed by atoms with van der Waals surface area (Å²) >= 11 is 0. The summed E-state index contributed by atoms with van der Waals surface area (Å²) in [7, 11) is 0. The van der Waals surface area contributed by atoms with Crippen molar-refractivity contribution in [3.8, 4) is 11.1 Å². The zero-order chi connectivity index (χ0) is 18.1. The van der Waals surface area contributed by atoms with Crippen molar-refractivity contribution in [2.75, 3.05) is 5.32 Å². The molecule has 0 atom stereocenters. The van der Waals surface area contributed by atoms with E-state index in [2.05, 4.69) is 90.2 Å². The zero-order valence-electron chi connectivity index (χ0n) is 15.4. The number of anilines is 2. The topological polar surface area (TPSA) is 12.0 Å². The second-order valence-electron chi connectivity index (χ2n) is 7.46. The van der Waals surface area contributed by atoms with Gasteiger partial charge in [0, 0.05) is 11.4 Å². The van der Waals surface area contributed by atoms with Crippen LogP contribution in [0.3, 0.4) is 0 Å². The molecule has 0 fully saturated rings. The average Bonchev–Trinajstić information content (AvgIpc) is 2.73. The van der Waals surface area contributed by atoms with Crippen LogP contribution in [-0.4, -0.2) is 0 Å². The van der Waals surface area contributed by atoms with Crippen LogP contribution in [0.2, 0.25) is 0 Å². The van der Waals surface area contributed by atoms with Crippen LogP contribution in [0.25, 0.3) is 21.9 Å². The first-order chi connectivity index (χ1) is 13.3. The van der Waals surface area contributed by atoms with Gasteiger partial charge in [0.15, 0.2) is 0 Å². The van der Waals surface area contributed by atoms with Crippen LogP contribution in [0.15, 0.2) is 84.9 Å². The summed E-state index contributed by atoms with van der Waals surface area (Å²) in [5.74, 6) is 0. The molecule has 0 spiro atoms. The predicted molar refractivity (Wildman–Crippen MR) is 116 cm³/mol. The largest absolute Gasteiger partial charge is 0.356 e. The molecular formula is C26H23N. The molecule has 5 rings (SSSR count). The van der Waals surface area contributed by atoms with Crippen molar-refractivity contribution in [2.24, 2.45) is 0 Å². The van der Waals surface area contributed by atoms with E-state index in [0.29, 0.717) is 0 Å². The lowest BCUT2D eigenvalue weighted by molar-refractivity contribution is 0.686. The minimum absolute atomic E-state index is 1.14. The fourth-order valence-electron chi connectivity index (χ4n) is 4.12. The van der Waals surface area contributed by atoms with Crippen molar-refractivity contribution in [3.05, 3.63) is 96.1 Å². The van der Waals surface area contributed by atoms with Gasteiger partial charge in [0.25, 0.3) is 0 Å². The molecule has 0 unspecified atom stereocenters. The fourth-order valence-corrected chi connectivity index (χ4v) is 4.12. The van der Waals surface area contributed by atoms with E-state index in [9.17, 15) is 0 Å². The highest BCUT2D eigenvalue weighted by Gasteiger charge is 2.09. The quantitative estimate of drug-likeness (QED) is 0.415. The highest BCUT2D eigenvalue weighted by molar-refractivity contribution is 5.87. The molecule has 27 heavy (non-hydrogen) atoms. The van der Waals surface area contributed by atoms with E-state index in [-0.39, 0.29) is 0 Å². The fraction of sp³-hybridized carbons (Fsp3) is 0.154. The molecule has 1 N–H and O–H groups in total. The molecule has 0 radical (unpaired) electrons. The molecule has 4 aromatic rings. The molecular weight excluding hydrogens is 326 g/mol. The van der Waals surface area contributed by atoms with Crippen molar-refractivity contribution < 1.29 is 0 Å². The van der Waals surface area contributed by atoms with Gasteiger partial charge >= 0.3 is 0 Å². The number of rotatable bonds is 3. The van der Waals surface area contributed by atoms with E-state index in [1.54, 1.807) is 0 Å². The lowest BCUT2D eigenvalue weighted by Crippen LogP contribution is -2.03. The number of hydrogen-bond donors (Lipinski definition) is 1. The Morgan fingerprint density at radius 3 is 2.22 bits per heavy atom. The van der Waals surface area contributed by atoms with E-state index in [1.807, 2.05) is 0 Å². The van der Waals surface area contributed by atoms with Gasteiger partial charge in [-0.15, -0.1) is 0 Å². The Balaban J connectivity index is 1.44. The van der Waals surface area contributed by atoms with Crippen LogP contribution in [0.4, 0.5) is 11.4 Å². The Morgan fingerprint density at radius 2 is 1.30 bits per heavy atom. The molecule has 1 heteroatoms. The molecule has 4 aromatic carbocycles. The first kappa shape index (κ1) is 16.1. The van der Waals surface area contributed by atoms with Gasteiger partial charge in [-0.2, -0.15) is 0 Å². The minimum atomic E-state index is 1.14. The van der Waals surface area contributed by atoms with E-state index < -0.39 is 0 Å². The van der Waals surface area contributed by atoms with Crippen LogP contribution in [0, 0.1) is 0 Å². The summed E-state index contributed by atoms with van der Waals surface area (Å²) in [6.07, 6.45) is 5.08. The van der Waals surface area contributed by atoms with Crippen molar-refractivity contribution >= 4 is 22.1 Å². The highest BCUT2D eigenvalue weighted by Crippen LogP contribution is 2.29. The lowest BCUT2D eigenvalue weighted by Gasteiger charge is -2.17. The summed E-state index contributed by atoms with van der Waals surface area (Å²) < 4.78 is 0. The molecule has 1 nitrogen and oxygen atoms in total. The Hall–Kier alpha value is -3.06. The molecule has 0 saturated carbocycles. The summed E-state index contributed by atoms with van der Waals surface area (Å²) in [6.45, 7) is 0. The van der Waals surface area contributed by atoms with Gasteiger partial charge < -0.3 is 5.32 Å². The third-order valence-electron chi connectivity index (χ3n) is 5.58. The van der Waals surface area contributed by atoms with Crippen LogP contribution in [0.5, 0.6) is 0 Å².